The van der Waals surface area contributed by atoms with Gasteiger partial charge in [-0.1, -0.05) is 30.8 Å². The molecule has 1 fully saturated rings. The first kappa shape index (κ1) is 22.8. The van der Waals surface area contributed by atoms with Gasteiger partial charge in [0.05, 0.1) is 17.2 Å². The Kier molecular flexibility index (Phi) is 7.60. The van der Waals surface area contributed by atoms with Crippen molar-refractivity contribution in [1.82, 2.24) is 19.2 Å². The summed E-state index contributed by atoms with van der Waals surface area (Å²) in [6.07, 6.45) is 5.57. The molecule has 0 aliphatic carbocycles. The second-order valence-corrected chi connectivity index (χ2v) is 10.7. The quantitative estimate of drug-likeness (QED) is 0.625. The molecule has 7 nitrogen and oxygen atoms in total. The highest BCUT2D eigenvalue weighted by Gasteiger charge is 2.28. The lowest BCUT2D eigenvalue weighted by molar-refractivity contribution is -0.119. The average Bonchev–Trinajstić information content (AvgIpc) is 3.17. The van der Waals surface area contributed by atoms with Crippen molar-refractivity contribution in [2.45, 2.75) is 51.2 Å². The number of sulfonamides is 1. The van der Waals surface area contributed by atoms with Crippen LogP contribution < -0.4 is 5.32 Å². The molecule has 1 aromatic heterocycles. The first-order chi connectivity index (χ1) is 14.3. The first-order valence-corrected chi connectivity index (χ1v) is 12.9. The number of rotatable bonds is 8. The number of hydrogen-bond acceptors (Lipinski definition) is 5. The second-order valence-electron chi connectivity index (χ2n) is 7.64. The Bertz CT molecular complexity index is 980. The molecular formula is C21H30N4O3S2. The Labute approximate surface area is 183 Å². The molecule has 164 valence electrons. The van der Waals surface area contributed by atoms with Crippen molar-refractivity contribution < 1.29 is 13.2 Å². The Morgan fingerprint density at radius 3 is 2.70 bits per heavy atom. The second kappa shape index (κ2) is 9.98. The van der Waals surface area contributed by atoms with Crippen molar-refractivity contribution in [2.24, 2.45) is 0 Å². The average molecular weight is 451 g/mol. The molecule has 0 unspecified atom stereocenters. The highest BCUT2D eigenvalue weighted by Crippen LogP contribution is 2.24. The van der Waals surface area contributed by atoms with Crippen LogP contribution in [0.1, 0.15) is 37.3 Å². The third kappa shape index (κ3) is 5.44. The molecule has 9 heteroatoms. The minimum atomic E-state index is -3.16. The number of carbonyl (C=O) groups is 1. The van der Waals surface area contributed by atoms with Gasteiger partial charge in [0.2, 0.25) is 15.9 Å². The zero-order valence-corrected chi connectivity index (χ0v) is 19.4. The summed E-state index contributed by atoms with van der Waals surface area (Å²) in [6, 6.07) is 6.17. The zero-order valence-electron chi connectivity index (χ0n) is 17.8. The van der Waals surface area contributed by atoms with E-state index < -0.39 is 10.0 Å². The fraction of sp³-hybridized carbons (Fsp3) is 0.524. The number of nitrogens with zero attached hydrogens (tertiary/aromatic N) is 3. The molecule has 30 heavy (non-hydrogen) atoms. The van der Waals surface area contributed by atoms with E-state index >= 15 is 0 Å². The summed E-state index contributed by atoms with van der Waals surface area (Å²) in [5.41, 5.74) is 3.46. The highest BCUT2D eigenvalue weighted by atomic mass is 32.2. The number of carbonyl (C=O) groups excluding carboxylic acids is 1. The molecule has 0 bridgehead atoms. The smallest absolute Gasteiger partial charge is 0.230 e. The van der Waals surface area contributed by atoms with Gasteiger partial charge in [0.15, 0.2) is 5.16 Å². The van der Waals surface area contributed by atoms with Crippen LogP contribution in [-0.4, -0.2) is 58.8 Å². The molecule has 0 atom stereocenters. The summed E-state index contributed by atoms with van der Waals surface area (Å²) in [7, 11) is -3.16. The lowest BCUT2D eigenvalue weighted by Crippen LogP contribution is -2.47. The minimum Gasteiger partial charge on any atom is -0.353 e. The molecular weight excluding hydrogens is 420 g/mol. The van der Waals surface area contributed by atoms with Crippen LogP contribution in [-0.2, 0) is 14.8 Å². The standard InChI is InChI=1S/C21H30N4O3S2/c1-4-14-30(27,28)24-11-8-18(9-12-24)23-20(26)15-29-21-22-10-13-25(21)19-7-5-6-16(2)17(19)3/h5-7,10,13,18H,4,8-9,11-12,14-15H2,1-3H3,(H,23,26). The number of piperidine rings is 1. The number of imidazole rings is 1. The Morgan fingerprint density at radius 1 is 1.27 bits per heavy atom. The van der Waals surface area contributed by atoms with Gasteiger partial charge in [0.1, 0.15) is 0 Å². The Morgan fingerprint density at radius 2 is 2.00 bits per heavy atom. The normalized spacial score (nSPS) is 16.0. The lowest BCUT2D eigenvalue weighted by atomic mass is 10.1. The number of aryl methyl sites for hydroxylation is 1. The van der Waals surface area contributed by atoms with E-state index in [1.54, 1.807) is 10.5 Å². The molecule has 0 saturated carbocycles. The van der Waals surface area contributed by atoms with E-state index in [4.69, 9.17) is 0 Å². The Balaban J connectivity index is 1.52. The summed E-state index contributed by atoms with van der Waals surface area (Å²) in [4.78, 5) is 16.9. The van der Waals surface area contributed by atoms with Crippen LogP contribution in [0.5, 0.6) is 0 Å². The van der Waals surface area contributed by atoms with E-state index in [9.17, 15) is 13.2 Å². The van der Waals surface area contributed by atoms with Gasteiger partial charge in [0, 0.05) is 31.5 Å². The van der Waals surface area contributed by atoms with Crippen molar-refractivity contribution in [3.8, 4) is 5.69 Å². The maximum Gasteiger partial charge on any atom is 0.230 e. The number of thioether (sulfide) groups is 1. The molecule has 0 spiro atoms. The third-order valence-corrected chi connectivity index (χ3v) is 8.49. The van der Waals surface area contributed by atoms with Gasteiger partial charge in [0.25, 0.3) is 0 Å². The number of hydrogen-bond donors (Lipinski definition) is 1. The van der Waals surface area contributed by atoms with Crippen molar-refractivity contribution in [2.75, 3.05) is 24.6 Å². The van der Waals surface area contributed by atoms with Gasteiger partial charge in [-0.25, -0.2) is 17.7 Å². The molecule has 1 amide bonds. The van der Waals surface area contributed by atoms with E-state index in [1.165, 1.54) is 22.9 Å². The molecule has 1 aliphatic heterocycles. The van der Waals surface area contributed by atoms with Crippen molar-refractivity contribution >= 4 is 27.7 Å². The van der Waals surface area contributed by atoms with Crippen molar-refractivity contribution in [3.05, 3.63) is 41.7 Å². The molecule has 1 N–H and O–H groups in total. The number of benzene rings is 1. The minimum absolute atomic E-state index is 0.0185. The van der Waals surface area contributed by atoms with Gasteiger partial charge in [-0.2, -0.15) is 0 Å². The molecule has 1 saturated heterocycles. The molecule has 1 aromatic carbocycles. The van der Waals surface area contributed by atoms with Crippen LogP contribution in [0.2, 0.25) is 0 Å². The maximum atomic E-state index is 12.5. The van der Waals surface area contributed by atoms with E-state index in [-0.39, 0.29) is 23.5 Å². The largest absolute Gasteiger partial charge is 0.353 e. The topological polar surface area (TPSA) is 84.3 Å². The van der Waals surface area contributed by atoms with E-state index in [0.717, 1.165) is 10.8 Å². The van der Waals surface area contributed by atoms with Gasteiger partial charge in [-0.05, 0) is 50.3 Å². The van der Waals surface area contributed by atoms with Crippen LogP contribution in [0.4, 0.5) is 0 Å². The van der Waals surface area contributed by atoms with Crippen molar-refractivity contribution in [1.29, 1.82) is 0 Å². The predicted octanol–water partition coefficient (Wildman–Crippen LogP) is 2.90. The van der Waals surface area contributed by atoms with Crippen LogP contribution in [0, 0.1) is 13.8 Å². The van der Waals surface area contributed by atoms with Gasteiger partial charge >= 0.3 is 0 Å². The first-order valence-electron chi connectivity index (χ1n) is 10.3. The molecule has 0 radical (unpaired) electrons. The van der Waals surface area contributed by atoms with Crippen LogP contribution >= 0.6 is 11.8 Å². The summed E-state index contributed by atoms with van der Waals surface area (Å²) >= 11 is 1.40. The SMILES string of the molecule is CCCS(=O)(=O)N1CCC(NC(=O)CSc2nccn2-c2cccc(C)c2C)CC1. The fourth-order valence-electron chi connectivity index (χ4n) is 3.64. The van der Waals surface area contributed by atoms with Gasteiger partial charge in [-0.15, -0.1) is 0 Å². The number of amides is 1. The molecule has 1 aliphatic rings. The predicted molar refractivity (Wildman–Crippen MR) is 121 cm³/mol. The van der Waals surface area contributed by atoms with E-state index in [1.807, 2.05) is 23.8 Å². The monoisotopic (exact) mass is 450 g/mol. The summed E-state index contributed by atoms with van der Waals surface area (Å²) in [6.45, 7) is 6.97. The number of nitrogens with one attached hydrogen (secondary N) is 1. The lowest BCUT2D eigenvalue weighted by Gasteiger charge is -2.31. The Hall–Kier alpha value is -1.84. The summed E-state index contributed by atoms with van der Waals surface area (Å²) in [5, 5.41) is 3.82. The fourth-order valence-corrected chi connectivity index (χ4v) is 5.96. The van der Waals surface area contributed by atoms with Crippen molar-refractivity contribution in [3.63, 3.8) is 0 Å². The van der Waals surface area contributed by atoms with Crippen LogP contribution in [0.25, 0.3) is 5.69 Å². The van der Waals surface area contributed by atoms with Gasteiger partial charge < -0.3 is 5.32 Å². The summed E-state index contributed by atoms with van der Waals surface area (Å²) < 4.78 is 27.9. The molecule has 2 aromatic rings. The van der Waals surface area contributed by atoms with Crippen LogP contribution in [0.15, 0.2) is 35.7 Å². The third-order valence-electron chi connectivity index (χ3n) is 5.45. The zero-order chi connectivity index (χ0) is 21.7. The van der Waals surface area contributed by atoms with Gasteiger partial charge in [-0.3, -0.25) is 9.36 Å². The van der Waals surface area contributed by atoms with Crippen LogP contribution in [0.3, 0.4) is 0 Å². The van der Waals surface area contributed by atoms with E-state index in [0.29, 0.717) is 32.4 Å². The molecule has 2 heterocycles. The summed E-state index contributed by atoms with van der Waals surface area (Å²) in [5.74, 6) is 0.412. The maximum absolute atomic E-state index is 12.5. The number of aromatic nitrogens is 2. The van der Waals surface area contributed by atoms with E-state index in [2.05, 4.69) is 36.3 Å². The molecule has 3 rings (SSSR count). The highest BCUT2D eigenvalue weighted by molar-refractivity contribution is 7.99.